The summed E-state index contributed by atoms with van der Waals surface area (Å²) in [5.41, 5.74) is 2.94. The number of hydrogen-bond acceptors (Lipinski definition) is 4. The molecule has 4 rings (SSSR count). The second-order valence-electron chi connectivity index (χ2n) is 7.45. The Morgan fingerprint density at radius 1 is 1.17 bits per heavy atom. The predicted octanol–water partition coefficient (Wildman–Crippen LogP) is 3.36. The lowest BCUT2D eigenvalue weighted by molar-refractivity contribution is -0.115. The molecule has 0 aliphatic carbocycles. The van der Waals surface area contributed by atoms with Crippen molar-refractivity contribution in [3.63, 3.8) is 0 Å². The zero-order valence-electron chi connectivity index (χ0n) is 16.8. The van der Waals surface area contributed by atoms with Crippen LogP contribution in [-0.2, 0) is 4.79 Å². The normalized spacial score (nSPS) is 18.1. The lowest BCUT2D eigenvalue weighted by Gasteiger charge is -2.39. The van der Waals surface area contributed by atoms with Crippen molar-refractivity contribution in [1.29, 1.82) is 5.26 Å². The van der Waals surface area contributed by atoms with Crippen LogP contribution >= 0.6 is 0 Å². The van der Waals surface area contributed by atoms with Gasteiger partial charge in [0.1, 0.15) is 11.9 Å². The Labute approximate surface area is 175 Å². The molecule has 1 unspecified atom stereocenters. The van der Waals surface area contributed by atoms with E-state index >= 15 is 0 Å². The first kappa shape index (κ1) is 19.5. The second-order valence-corrected chi connectivity index (χ2v) is 7.45. The smallest absolute Gasteiger partial charge is 0.330 e. The Bertz CT molecular complexity index is 1020. The van der Waals surface area contributed by atoms with Gasteiger partial charge in [-0.1, -0.05) is 35.9 Å². The van der Waals surface area contributed by atoms with Gasteiger partial charge in [-0.05, 0) is 44.0 Å². The van der Waals surface area contributed by atoms with E-state index in [0.29, 0.717) is 29.3 Å². The number of hydrogen-bond donors (Lipinski definition) is 2. The maximum Gasteiger partial charge on any atom is 0.330 e. The van der Waals surface area contributed by atoms with Gasteiger partial charge in [0, 0.05) is 12.2 Å². The van der Waals surface area contributed by atoms with E-state index in [-0.39, 0.29) is 24.5 Å². The second kappa shape index (κ2) is 8.29. The van der Waals surface area contributed by atoms with Crippen molar-refractivity contribution in [2.24, 2.45) is 0 Å². The molecule has 0 spiro atoms. The summed E-state index contributed by atoms with van der Waals surface area (Å²) in [6.07, 6.45) is 1.60. The van der Waals surface area contributed by atoms with Gasteiger partial charge >= 0.3 is 6.03 Å². The van der Waals surface area contributed by atoms with Crippen molar-refractivity contribution in [3.8, 4) is 6.07 Å². The largest absolute Gasteiger partial charge is 0.361 e. The Hall–Kier alpha value is -3.79. The number of nitriles is 1. The number of anilines is 2. The average molecular weight is 401 g/mol. The Kier molecular flexibility index (Phi) is 5.40. The quantitative estimate of drug-likeness (QED) is 0.804. The van der Waals surface area contributed by atoms with E-state index in [1.165, 1.54) is 4.90 Å². The SMILES string of the molecule is Cc1ccc(NC(=O)CNC2=C(C#N)C3CCCN3C(=O)N2c2ccccc2)cc1. The van der Waals surface area contributed by atoms with Crippen LogP contribution in [0, 0.1) is 18.3 Å². The number of amides is 3. The Morgan fingerprint density at radius 2 is 1.90 bits per heavy atom. The molecule has 0 bridgehead atoms. The van der Waals surface area contributed by atoms with Gasteiger partial charge in [0.15, 0.2) is 0 Å². The van der Waals surface area contributed by atoms with E-state index in [1.807, 2.05) is 61.5 Å². The molecule has 2 aromatic rings. The van der Waals surface area contributed by atoms with Gasteiger partial charge < -0.3 is 15.5 Å². The topological polar surface area (TPSA) is 88.5 Å². The number of carbonyl (C=O) groups is 2. The minimum atomic E-state index is -0.252. The first-order chi connectivity index (χ1) is 14.6. The maximum atomic E-state index is 13.2. The van der Waals surface area contributed by atoms with Gasteiger partial charge in [0.05, 0.1) is 23.8 Å². The minimum Gasteiger partial charge on any atom is -0.361 e. The lowest BCUT2D eigenvalue weighted by atomic mass is 10.0. The highest BCUT2D eigenvalue weighted by Gasteiger charge is 2.43. The molecule has 3 amide bonds. The monoisotopic (exact) mass is 401 g/mol. The Morgan fingerprint density at radius 3 is 2.60 bits per heavy atom. The van der Waals surface area contributed by atoms with Crippen LogP contribution in [0.2, 0.25) is 0 Å². The number of aryl methyl sites for hydroxylation is 1. The van der Waals surface area contributed by atoms with Gasteiger partial charge in [-0.3, -0.25) is 4.79 Å². The van der Waals surface area contributed by atoms with E-state index in [0.717, 1.165) is 18.4 Å². The number of para-hydroxylation sites is 1. The summed E-state index contributed by atoms with van der Waals surface area (Å²) in [5.74, 6) is 0.133. The lowest BCUT2D eigenvalue weighted by Crippen LogP contribution is -2.54. The summed E-state index contributed by atoms with van der Waals surface area (Å²) in [6.45, 7) is 2.55. The molecule has 1 saturated heterocycles. The van der Waals surface area contributed by atoms with Crippen LogP contribution in [0.1, 0.15) is 18.4 Å². The van der Waals surface area contributed by atoms with Crippen molar-refractivity contribution in [1.82, 2.24) is 10.2 Å². The van der Waals surface area contributed by atoms with Crippen LogP contribution in [0.3, 0.4) is 0 Å². The number of benzene rings is 2. The fourth-order valence-corrected chi connectivity index (χ4v) is 3.92. The minimum absolute atomic E-state index is 0.0578. The first-order valence-electron chi connectivity index (χ1n) is 9.99. The summed E-state index contributed by atoms with van der Waals surface area (Å²) in [7, 11) is 0. The molecule has 1 atom stereocenters. The van der Waals surface area contributed by atoms with Crippen molar-refractivity contribution in [3.05, 3.63) is 71.6 Å². The van der Waals surface area contributed by atoms with Gasteiger partial charge in [-0.2, -0.15) is 5.26 Å². The zero-order valence-corrected chi connectivity index (χ0v) is 16.8. The predicted molar refractivity (Wildman–Crippen MR) is 114 cm³/mol. The maximum absolute atomic E-state index is 13.2. The molecule has 0 aromatic heterocycles. The van der Waals surface area contributed by atoms with E-state index in [2.05, 4.69) is 16.7 Å². The summed E-state index contributed by atoms with van der Waals surface area (Å²) < 4.78 is 0. The number of nitrogens with zero attached hydrogens (tertiary/aromatic N) is 3. The summed E-state index contributed by atoms with van der Waals surface area (Å²) in [6, 6.07) is 18.6. The van der Waals surface area contributed by atoms with Gasteiger partial charge in [-0.15, -0.1) is 0 Å². The fraction of sp³-hybridized carbons (Fsp3) is 0.261. The van der Waals surface area contributed by atoms with Crippen LogP contribution in [0.15, 0.2) is 66.0 Å². The van der Waals surface area contributed by atoms with Crippen molar-refractivity contribution < 1.29 is 9.59 Å². The molecular weight excluding hydrogens is 378 g/mol. The molecule has 30 heavy (non-hydrogen) atoms. The molecule has 0 saturated carbocycles. The third-order valence-corrected chi connectivity index (χ3v) is 5.39. The molecule has 1 fully saturated rings. The highest BCUT2D eigenvalue weighted by atomic mass is 16.2. The standard InChI is InChI=1S/C23H23N5O2/c1-16-9-11-17(12-10-16)26-21(29)15-25-22-19(14-24)20-8-5-13-27(20)23(30)28(22)18-6-3-2-4-7-18/h2-4,6-7,9-12,20,25H,5,8,13,15H2,1H3,(H,26,29). The Balaban J connectivity index is 1.60. The third kappa shape index (κ3) is 3.72. The molecule has 2 aliphatic rings. The molecule has 2 N–H and O–H groups in total. The number of urea groups is 1. The average Bonchev–Trinajstić information content (AvgIpc) is 3.25. The van der Waals surface area contributed by atoms with Gasteiger partial charge in [-0.25, -0.2) is 9.69 Å². The van der Waals surface area contributed by atoms with E-state index in [1.54, 1.807) is 4.90 Å². The number of nitrogens with one attached hydrogen (secondary N) is 2. The number of fused-ring (bicyclic) bond motifs is 1. The molecule has 0 radical (unpaired) electrons. The molecular formula is C23H23N5O2. The molecule has 7 nitrogen and oxygen atoms in total. The van der Waals surface area contributed by atoms with Gasteiger partial charge in [0.2, 0.25) is 5.91 Å². The molecule has 7 heteroatoms. The van der Waals surface area contributed by atoms with Crippen LogP contribution in [-0.4, -0.2) is 36.0 Å². The highest BCUT2D eigenvalue weighted by Crippen LogP contribution is 2.34. The molecule has 2 aromatic carbocycles. The van der Waals surface area contributed by atoms with Crippen molar-refractivity contribution in [2.75, 3.05) is 23.3 Å². The number of rotatable bonds is 5. The molecule has 152 valence electrons. The van der Waals surface area contributed by atoms with E-state index < -0.39 is 0 Å². The van der Waals surface area contributed by atoms with Crippen LogP contribution in [0.5, 0.6) is 0 Å². The highest BCUT2D eigenvalue weighted by molar-refractivity contribution is 5.98. The number of carbonyl (C=O) groups excluding carboxylic acids is 2. The summed E-state index contributed by atoms with van der Waals surface area (Å²) in [5, 5.41) is 15.8. The van der Waals surface area contributed by atoms with Crippen LogP contribution < -0.4 is 15.5 Å². The van der Waals surface area contributed by atoms with Gasteiger partial charge in [0.25, 0.3) is 0 Å². The van der Waals surface area contributed by atoms with E-state index in [9.17, 15) is 14.9 Å². The first-order valence-corrected chi connectivity index (χ1v) is 9.99. The van der Waals surface area contributed by atoms with E-state index in [4.69, 9.17) is 0 Å². The zero-order chi connectivity index (χ0) is 21.1. The van der Waals surface area contributed by atoms with Crippen molar-refractivity contribution >= 4 is 23.3 Å². The van der Waals surface area contributed by atoms with Crippen LogP contribution in [0.4, 0.5) is 16.2 Å². The molecule has 2 aliphatic heterocycles. The van der Waals surface area contributed by atoms with Crippen LogP contribution in [0.25, 0.3) is 0 Å². The third-order valence-electron chi connectivity index (χ3n) is 5.39. The molecule has 2 heterocycles. The van der Waals surface area contributed by atoms with Crippen molar-refractivity contribution in [2.45, 2.75) is 25.8 Å². The fourth-order valence-electron chi connectivity index (χ4n) is 3.92. The summed E-state index contributed by atoms with van der Waals surface area (Å²) >= 11 is 0. The summed E-state index contributed by atoms with van der Waals surface area (Å²) in [4.78, 5) is 28.9.